The summed E-state index contributed by atoms with van der Waals surface area (Å²) in [5, 5.41) is 0.0641. The fourth-order valence-electron chi connectivity index (χ4n) is 4.01. The first-order chi connectivity index (χ1) is 20.3. The number of nitrogens with zero attached hydrogens (tertiary/aromatic N) is 2. The molecule has 44 heavy (non-hydrogen) atoms. The van der Waals surface area contributed by atoms with Crippen molar-refractivity contribution in [1.29, 1.82) is 0 Å². The molecule has 3 unspecified atom stereocenters. The summed E-state index contributed by atoms with van der Waals surface area (Å²) >= 11 is 0. The molecule has 0 saturated carbocycles. The van der Waals surface area contributed by atoms with Crippen molar-refractivity contribution in [2.45, 2.75) is 111 Å². The zero-order valence-corrected chi connectivity index (χ0v) is 30.8. The zero-order valence-electron chi connectivity index (χ0n) is 28.5. The van der Waals surface area contributed by atoms with Crippen LogP contribution in [0.1, 0.15) is 96.1 Å². The second-order valence-electron chi connectivity index (χ2n) is 14.6. The van der Waals surface area contributed by atoms with Crippen LogP contribution >= 0.6 is 0 Å². The first-order valence-electron chi connectivity index (χ1n) is 15.3. The van der Waals surface area contributed by atoms with E-state index in [1.54, 1.807) is 39.8 Å². The number of rotatable bonds is 11. The average molecular weight is 639 g/mol. The highest BCUT2D eigenvalue weighted by Gasteiger charge is 2.35. The quantitative estimate of drug-likeness (QED) is 0.0690. The number of ether oxygens (including phenoxy) is 1. The Bertz CT molecular complexity index is 1380. The molecule has 240 valence electrons. The van der Waals surface area contributed by atoms with Crippen molar-refractivity contribution in [1.82, 2.24) is 9.97 Å². The fourth-order valence-corrected chi connectivity index (χ4v) is 6.11. The number of carbonyl (C=O) groups is 2. The van der Waals surface area contributed by atoms with E-state index in [2.05, 4.69) is 64.6 Å². The van der Waals surface area contributed by atoms with Crippen molar-refractivity contribution in [3.63, 3.8) is 0 Å². The zero-order chi connectivity index (χ0) is 33.0. The van der Waals surface area contributed by atoms with Crippen LogP contribution in [0.15, 0.2) is 53.1 Å². The van der Waals surface area contributed by atoms with Gasteiger partial charge in [-0.1, -0.05) is 59.7 Å². The fraction of sp³-hybridized carbons (Fsp3) is 0.529. The van der Waals surface area contributed by atoms with E-state index in [0.717, 1.165) is 5.56 Å². The van der Waals surface area contributed by atoms with Gasteiger partial charge in [0.05, 0.1) is 11.4 Å². The Morgan fingerprint density at radius 1 is 0.864 bits per heavy atom. The number of benzene rings is 1. The number of oxazole rings is 1. The Kier molecular flexibility index (Phi) is 11.3. The third-order valence-corrected chi connectivity index (χ3v) is 13.9. The summed E-state index contributed by atoms with van der Waals surface area (Å²) in [5.74, 6) is -1.15. The molecule has 0 amide bonds. The van der Waals surface area contributed by atoms with Gasteiger partial charge in [0.1, 0.15) is 17.3 Å². The van der Waals surface area contributed by atoms with Crippen molar-refractivity contribution in [2.75, 3.05) is 0 Å². The number of aryl methyl sites for hydroxylation is 1. The molecule has 2 heterocycles. The number of esters is 1. The lowest BCUT2D eigenvalue weighted by molar-refractivity contribution is -0.158. The van der Waals surface area contributed by atoms with E-state index >= 15 is 0 Å². The molecule has 0 N–H and O–H groups in total. The maximum Gasteiger partial charge on any atom is 0.317 e. The lowest BCUT2D eigenvalue weighted by Gasteiger charge is -2.34. The number of hydrogen-bond acceptors (Lipinski definition) is 8. The van der Waals surface area contributed by atoms with E-state index < -0.39 is 47.6 Å². The normalized spacial score (nSPS) is 15.4. The van der Waals surface area contributed by atoms with Crippen LogP contribution in [0.2, 0.25) is 23.2 Å². The highest BCUT2D eigenvalue weighted by molar-refractivity contribution is 6.55. The number of aromatic nitrogens is 2. The SMILES string of the molecule is Cc1oc(-c2ccccc2)nc1CC(C(=O)OC(C)(C)C)C(=O)c1ccc(C(O[SiH](C)C(C)(C)C)O[SiH](C)C(C)(C)C)nc1. The van der Waals surface area contributed by atoms with Crippen molar-refractivity contribution in [3.8, 4) is 11.5 Å². The second kappa shape index (κ2) is 14.0. The topological polar surface area (TPSA) is 101 Å². The lowest BCUT2D eigenvalue weighted by atomic mass is 9.93. The van der Waals surface area contributed by atoms with Crippen LogP contribution in [0, 0.1) is 12.8 Å². The third kappa shape index (κ3) is 9.79. The Hall–Kier alpha value is -2.93. The highest BCUT2D eigenvalue weighted by Crippen LogP contribution is 2.35. The summed E-state index contributed by atoms with van der Waals surface area (Å²) in [7, 11) is -3.33. The van der Waals surface area contributed by atoms with E-state index in [-0.39, 0.29) is 16.5 Å². The standard InChI is InChI=1S/C34H50N2O6Si2/c1-22-27(36-29(39-22)23-16-14-13-15-17-23)20-25(30(38)40-32(2,3)4)28(37)24-18-19-26(35-21-24)31(41-43(11)33(5,6)7)42-44(12)34(8,9)10/h13-19,21,25,31,43-44H,20H2,1-12H3. The first-order valence-corrected chi connectivity index (χ1v) is 19.7. The van der Waals surface area contributed by atoms with Crippen LogP contribution in [0.5, 0.6) is 0 Å². The smallest absolute Gasteiger partial charge is 0.317 e. The molecule has 0 saturated heterocycles. The van der Waals surface area contributed by atoms with Crippen molar-refractivity contribution in [2.24, 2.45) is 5.92 Å². The van der Waals surface area contributed by atoms with E-state index in [1.165, 1.54) is 6.20 Å². The summed E-state index contributed by atoms with van der Waals surface area (Å²) in [6, 6.07) is 13.0. The molecule has 2 aromatic heterocycles. The summed E-state index contributed by atoms with van der Waals surface area (Å²) in [6.45, 7) is 24.5. The summed E-state index contributed by atoms with van der Waals surface area (Å²) in [6.07, 6.45) is 0.930. The molecule has 0 fully saturated rings. The predicted molar refractivity (Wildman–Crippen MR) is 179 cm³/mol. The van der Waals surface area contributed by atoms with Crippen LogP contribution < -0.4 is 0 Å². The number of carbonyl (C=O) groups excluding carboxylic acids is 2. The van der Waals surface area contributed by atoms with E-state index in [4.69, 9.17) is 18.0 Å². The molecule has 3 aromatic rings. The molecule has 0 bridgehead atoms. The lowest BCUT2D eigenvalue weighted by Crippen LogP contribution is -2.35. The number of hydrogen-bond donors (Lipinski definition) is 0. The average Bonchev–Trinajstić information content (AvgIpc) is 3.29. The number of Topliss-reactive ketones (excluding diaryl/α,β-unsaturated/α-hetero) is 1. The van der Waals surface area contributed by atoms with Gasteiger partial charge in [-0.3, -0.25) is 14.6 Å². The molecule has 1 aromatic carbocycles. The maximum absolute atomic E-state index is 13.9. The van der Waals surface area contributed by atoms with Gasteiger partial charge in [-0.2, -0.15) is 0 Å². The van der Waals surface area contributed by atoms with Crippen molar-refractivity contribution < 1.29 is 27.6 Å². The van der Waals surface area contributed by atoms with Gasteiger partial charge in [0.25, 0.3) is 0 Å². The third-order valence-electron chi connectivity index (χ3n) is 7.73. The Morgan fingerprint density at radius 2 is 1.43 bits per heavy atom. The number of pyridine rings is 1. The van der Waals surface area contributed by atoms with Crippen molar-refractivity contribution >= 4 is 29.8 Å². The van der Waals surface area contributed by atoms with Crippen LogP contribution in [0.25, 0.3) is 11.5 Å². The van der Waals surface area contributed by atoms with Gasteiger partial charge in [-0.05, 0) is 75.1 Å². The molecule has 3 rings (SSSR count). The second-order valence-corrected chi connectivity index (χ2v) is 21.2. The van der Waals surface area contributed by atoms with E-state index in [1.807, 2.05) is 30.3 Å². The summed E-state index contributed by atoms with van der Waals surface area (Å²) in [4.78, 5) is 36.6. The number of ketones is 1. The van der Waals surface area contributed by atoms with Gasteiger partial charge in [0, 0.05) is 23.7 Å². The molecule has 0 aliphatic heterocycles. The first kappa shape index (κ1) is 35.6. The molecule has 0 radical (unpaired) electrons. The molecular formula is C34H50N2O6Si2. The van der Waals surface area contributed by atoms with Gasteiger partial charge in [-0.25, -0.2) is 4.98 Å². The van der Waals surface area contributed by atoms with E-state index in [0.29, 0.717) is 28.6 Å². The minimum Gasteiger partial charge on any atom is -0.459 e. The maximum atomic E-state index is 13.9. The molecule has 0 spiro atoms. The van der Waals surface area contributed by atoms with Crippen LogP contribution in [0.4, 0.5) is 0 Å². The van der Waals surface area contributed by atoms with Gasteiger partial charge < -0.3 is 18.0 Å². The Morgan fingerprint density at radius 3 is 1.91 bits per heavy atom. The van der Waals surface area contributed by atoms with Gasteiger partial charge >= 0.3 is 5.97 Å². The van der Waals surface area contributed by atoms with Crippen LogP contribution in [-0.4, -0.2) is 45.4 Å². The van der Waals surface area contributed by atoms with Gasteiger partial charge in [0.2, 0.25) is 5.89 Å². The largest absolute Gasteiger partial charge is 0.459 e. The molecule has 10 heteroatoms. The van der Waals surface area contributed by atoms with Crippen LogP contribution in [-0.2, 0) is 24.8 Å². The molecular weight excluding hydrogens is 589 g/mol. The van der Waals surface area contributed by atoms with E-state index in [9.17, 15) is 9.59 Å². The Balaban J connectivity index is 1.93. The predicted octanol–water partition coefficient (Wildman–Crippen LogP) is 7.77. The van der Waals surface area contributed by atoms with Crippen LogP contribution in [0.3, 0.4) is 0 Å². The molecule has 3 atom stereocenters. The summed E-state index contributed by atoms with van der Waals surface area (Å²) < 4.78 is 24.7. The Labute approximate surface area is 266 Å². The summed E-state index contributed by atoms with van der Waals surface area (Å²) in [5.41, 5.74) is 1.49. The van der Waals surface area contributed by atoms with Gasteiger partial charge in [-0.15, -0.1) is 0 Å². The van der Waals surface area contributed by atoms with Gasteiger partial charge in [0.15, 0.2) is 30.2 Å². The highest BCUT2D eigenvalue weighted by atomic mass is 28.3. The monoisotopic (exact) mass is 638 g/mol. The molecule has 8 nitrogen and oxygen atoms in total. The molecule has 0 aliphatic rings. The minimum atomic E-state index is -1.67. The molecule has 0 aliphatic carbocycles. The minimum absolute atomic E-state index is 0.0321. The van der Waals surface area contributed by atoms with Crippen molar-refractivity contribution in [3.05, 3.63) is 71.4 Å².